The summed E-state index contributed by atoms with van der Waals surface area (Å²) in [6, 6.07) is 2.50. The minimum absolute atomic E-state index is 0.0539. The van der Waals surface area contributed by atoms with Crippen LogP contribution in [0, 0.1) is 45.8 Å². The molecule has 0 saturated heterocycles. The molecule has 0 amide bonds. The maximum absolute atomic E-state index is 10.1. The van der Waals surface area contributed by atoms with E-state index in [2.05, 4.69) is 26.0 Å². The predicted octanol–water partition coefficient (Wildman–Crippen LogP) is 5.48. The number of aliphatic hydroxyl groups is 1. The lowest BCUT2D eigenvalue weighted by molar-refractivity contribution is -0.109. The van der Waals surface area contributed by atoms with Crippen molar-refractivity contribution in [1.82, 2.24) is 0 Å². The van der Waals surface area contributed by atoms with Gasteiger partial charge in [-0.05, 0) is 80.5 Å². The first kappa shape index (κ1) is 18.0. The van der Waals surface area contributed by atoms with Gasteiger partial charge >= 0.3 is 0 Å². The molecule has 7 atom stereocenters. The van der Waals surface area contributed by atoms with E-state index in [1.165, 1.54) is 32.1 Å². The van der Waals surface area contributed by atoms with Gasteiger partial charge in [-0.15, -0.1) is 0 Å². The molecule has 0 aromatic heterocycles. The summed E-state index contributed by atoms with van der Waals surface area (Å²) in [6.07, 6.45) is 11.7. The maximum Gasteiger partial charge on any atom is 0.0949 e. The summed E-state index contributed by atoms with van der Waals surface area (Å²) in [5.41, 5.74) is 1.67. The highest BCUT2D eigenvalue weighted by molar-refractivity contribution is 5.35. The van der Waals surface area contributed by atoms with Crippen LogP contribution in [0.3, 0.4) is 0 Å². The van der Waals surface area contributed by atoms with Gasteiger partial charge in [0.2, 0.25) is 0 Å². The Morgan fingerprint density at radius 2 is 1.88 bits per heavy atom. The maximum atomic E-state index is 10.1. The van der Waals surface area contributed by atoms with Crippen LogP contribution in [0.25, 0.3) is 0 Å². The quantitative estimate of drug-likeness (QED) is 0.640. The number of rotatable bonds is 0. The lowest BCUT2D eigenvalue weighted by atomic mass is 9.45. The molecule has 0 aromatic rings. The Hall–Kier alpha value is -0.810. The monoisotopic (exact) mass is 329 g/mol. The first-order valence-electron chi connectivity index (χ1n) is 10.3. The number of hydrogen-bond donors (Lipinski definition) is 1. The third-order valence-corrected chi connectivity index (χ3v) is 8.28. The van der Waals surface area contributed by atoms with E-state index in [0.717, 1.165) is 42.6 Å². The lowest BCUT2D eigenvalue weighted by Gasteiger charge is -2.59. The van der Waals surface area contributed by atoms with Crippen molar-refractivity contribution >= 4 is 0 Å². The Kier molecular flexibility index (Phi) is 4.86. The first-order chi connectivity index (χ1) is 11.5. The van der Waals surface area contributed by atoms with Crippen molar-refractivity contribution in [2.45, 2.75) is 85.2 Å². The van der Waals surface area contributed by atoms with Crippen molar-refractivity contribution in [1.29, 1.82) is 5.26 Å². The van der Waals surface area contributed by atoms with Gasteiger partial charge in [0.25, 0.3) is 0 Å². The van der Waals surface area contributed by atoms with E-state index in [1.54, 1.807) is 0 Å². The highest BCUT2D eigenvalue weighted by Crippen LogP contribution is 2.65. The second kappa shape index (κ2) is 6.49. The largest absolute Gasteiger partial charge is 0.393 e. The molecule has 3 saturated carbocycles. The second-order valence-electron chi connectivity index (χ2n) is 9.09. The van der Waals surface area contributed by atoms with Crippen molar-refractivity contribution in [2.24, 2.45) is 34.5 Å². The average molecular weight is 330 g/mol. The van der Waals surface area contributed by atoms with Gasteiger partial charge in [0.15, 0.2) is 0 Å². The van der Waals surface area contributed by atoms with Crippen LogP contribution in [0.4, 0.5) is 0 Å². The van der Waals surface area contributed by atoms with Crippen molar-refractivity contribution in [2.75, 3.05) is 0 Å². The molecule has 0 bridgehead atoms. The Morgan fingerprint density at radius 3 is 2.58 bits per heavy atom. The number of nitrogens with zero attached hydrogens (tertiary/aromatic N) is 1. The van der Waals surface area contributed by atoms with E-state index in [1.807, 2.05) is 13.8 Å². The fourth-order valence-corrected chi connectivity index (χ4v) is 6.82. The van der Waals surface area contributed by atoms with Gasteiger partial charge in [-0.3, -0.25) is 0 Å². The number of hydrogen-bond acceptors (Lipinski definition) is 2. The predicted molar refractivity (Wildman–Crippen MR) is 98.2 cm³/mol. The molecule has 0 radical (unpaired) electrons. The summed E-state index contributed by atoms with van der Waals surface area (Å²) in [7, 11) is 0. The van der Waals surface area contributed by atoms with E-state index in [0.29, 0.717) is 11.3 Å². The zero-order valence-electron chi connectivity index (χ0n) is 16.0. The summed E-state index contributed by atoms with van der Waals surface area (Å²) < 4.78 is 0. The zero-order valence-corrected chi connectivity index (χ0v) is 16.0. The van der Waals surface area contributed by atoms with E-state index in [9.17, 15) is 10.4 Å². The van der Waals surface area contributed by atoms with Crippen LogP contribution in [0.2, 0.25) is 0 Å². The van der Waals surface area contributed by atoms with Gasteiger partial charge in [0.05, 0.1) is 12.2 Å². The van der Waals surface area contributed by atoms with Crippen LogP contribution in [-0.4, -0.2) is 11.2 Å². The summed E-state index contributed by atoms with van der Waals surface area (Å²) in [4.78, 5) is 0. The van der Waals surface area contributed by atoms with Gasteiger partial charge < -0.3 is 5.11 Å². The standard InChI is InChI=1S/C20H29NO.C2H6/c1-19-8-7-17(22)9-14(19)4-3-13-11-20(2)15(10-18(13)19)5-6-16(20)12-21;1-2/h6,13-15,17-18,22H,3-5,7-11H2,1-2H3;1-2H3/t13-,14-,15+,17+,18-,19-,20+;/m1./s1. The first-order valence-corrected chi connectivity index (χ1v) is 10.3. The summed E-state index contributed by atoms with van der Waals surface area (Å²) in [6.45, 7) is 8.88. The van der Waals surface area contributed by atoms with Crippen molar-refractivity contribution in [3.8, 4) is 6.07 Å². The van der Waals surface area contributed by atoms with Crippen molar-refractivity contribution < 1.29 is 5.11 Å². The Labute approximate surface area is 148 Å². The normalized spacial score (nSPS) is 49.5. The zero-order chi connectivity index (χ0) is 17.5. The highest BCUT2D eigenvalue weighted by Gasteiger charge is 2.57. The molecule has 0 heterocycles. The fraction of sp³-hybridized carbons (Fsp3) is 0.864. The Bertz CT molecular complexity index is 547. The van der Waals surface area contributed by atoms with Gasteiger partial charge in [-0.2, -0.15) is 5.26 Å². The molecular weight excluding hydrogens is 294 g/mol. The Balaban J connectivity index is 0.000000815. The summed E-state index contributed by atoms with van der Waals surface area (Å²) in [5.74, 6) is 3.04. The van der Waals surface area contributed by atoms with E-state index < -0.39 is 0 Å². The minimum Gasteiger partial charge on any atom is -0.393 e. The van der Waals surface area contributed by atoms with E-state index in [-0.39, 0.29) is 11.5 Å². The van der Waals surface area contributed by atoms with Crippen LogP contribution < -0.4 is 0 Å². The van der Waals surface area contributed by atoms with E-state index in [4.69, 9.17) is 0 Å². The molecule has 0 aromatic carbocycles. The molecular formula is C22H35NO. The van der Waals surface area contributed by atoms with Gasteiger partial charge in [0, 0.05) is 11.0 Å². The van der Waals surface area contributed by atoms with Crippen LogP contribution in [-0.2, 0) is 0 Å². The highest BCUT2D eigenvalue weighted by atomic mass is 16.3. The van der Waals surface area contributed by atoms with Gasteiger partial charge in [0.1, 0.15) is 0 Å². The molecule has 2 nitrogen and oxygen atoms in total. The molecule has 2 heteroatoms. The molecule has 4 rings (SSSR count). The molecule has 134 valence electrons. The molecule has 4 aliphatic rings. The number of allylic oxidation sites excluding steroid dienone is 2. The van der Waals surface area contributed by atoms with Crippen LogP contribution in [0.5, 0.6) is 0 Å². The van der Waals surface area contributed by atoms with Gasteiger partial charge in [-0.1, -0.05) is 33.8 Å². The minimum atomic E-state index is -0.0539. The molecule has 24 heavy (non-hydrogen) atoms. The van der Waals surface area contributed by atoms with Crippen molar-refractivity contribution in [3.63, 3.8) is 0 Å². The van der Waals surface area contributed by atoms with Crippen LogP contribution in [0.1, 0.15) is 79.1 Å². The topological polar surface area (TPSA) is 44.0 Å². The van der Waals surface area contributed by atoms with Gasteiger partial charge in [-0.25, -0.2) is 0 Å². The summed E-state index contributed by atoms with van der Waals surface area (Å²) in [5, 5.41) is 19.6. The third-order valence-electron chi connectivity index (χ3n) is 8.28. The molecule has 3 fully saturated rings. The average Bonchev–Trinajstić information content (AvgIpc) is 2.91. The molecule has 0 spiro atoms. The second-order valence-corrected chi connectivity index (χ2v) is 9.09. The summed E-state index contributed by atoms with van der Waals surface area (Å²) >= 11 is 0. The SMILES string of the molecule is CC.C[C@@]12CC[C@H](O)C[C@H]1CC[C@@H]1C[C@]3(C)C(C#N)=CC[C@H]3C[C@H]12. The fourth-order valence-electron chi connectivity index (χ4n) is 6.82. The number of nitriles is 1. The molecule has 4 aliphatic carbocycles. The van der Waals surface area contributed by atoms with Crippen LogP contribution >= 0.6 is 0 Å². The molecule has 1 N–H and O–H groups in total. The van der Waals surface area contributed by atoms with Crippen molar-refractivity contribution in [3.05, 3.63) is 11.6 Å². The molecule has 0 unspecified atom stereocenters. The smallest absolute Gasteiger partial charge is 0.0949 e. The van der Waals surface area contributed by atoms with E-state index >= 15 is 0 Å². The molecule has 0 aliphatic heterocycles. The number of aliphatic hydroxyl groups excluding tert-OH is 1. The third kappa shape index (κ3) is 2.55. The number of fused-ring (bicyclic) bond motifs is 4. The van der Waals surface area contributed by atoms with Crippen LogP contribution in [0.15, 0.2) is 11.6 Å². The lowest BCUT2D eigenvalue weighted by Crippen LogP contribution is -2.52. The Morgan fingerprint density at radius 1 is 1.12 bits per heavy atom.